The molecule has 2 heterocycles. The molecule has 2 aliphatic heterocycles. The molecule has 2 aliphatic rings. The van der Waals surface area contributed by atoms with Gasteiger partial charge in [-0.15, -0.1) is 11.8 Å². The Balaban J connectivity index is 1.51. The number of fused-ring (bicyclic) bond motifs is 1. The maximum atomic E-state index is 13.5. The Labute approximate surface area is 221 Å². The molecule has 2 N–H and O–H groups in total. The van der Waals surface area contributed by atoms with Crippen LogP contribution < -0.4 is 20.3 Å². The van der Waals surface area contributed by atoms with Crippen molar-refractivity contribution in [3.05, 3.63) is 42.0 Å². The zero-order chi connectivity index (χ0) is 26.6. The lowest BCUT2D eigenvalue weighted by atomic mass is 9.98. The lowest BCUT2D eigenvalue weighted by molar-refractivity contribution is -0.120. The molecule has 0 amide bonds. The summed E-state index contributed by atoms with van der Waals surface area (Å²) in [6.07, 6.45) is 0.0871. The minimum Gasteiger partial charge on any atom is -0.495 e. The fourth-order valence-corrected chi connectivity index (χ4v) is 5.61. The average molecular weight is 534 g/mol. The molecule has 2 aromatic carbocycles. The van der Waals surface area contributed by atoms with Crippen molar-refractivity contribution in [2.24, 2.45) is 0 Å². The molecule has 0 radical (unpaired) electrons. The van der Waals surface area contributed by atoms with Crippen molar-refractivity contribution in [1.82, 2.24) is 0 Å². The first-order chi connectivity index (χ1) is 17.7. The van der Waals surface area contributed by atoms with Crippen molar-refractivity contribution in [2.75, 3.05) is 42.0 Å². The number of thioether (sulfide) groups is 1. The number of rotatable bonds is 7. The number of benzene rings is 2. The molecule has 0 spiro atoms. The number of hydrogen-bond acceptors (Lipinski definition) is 6. The van der Waals surface area contributed by atoms with E-state index in [1.807, 2.05) is 36.6 Å². The number of nitrogens with zero attached hydrogens (tertiary/aromatic N) is 1. The highest BCUT2D eigenvalue weighted by Crippen LogP contribution is 2.39. The summed E-state index contributed by atoms with van der Waals surface area (Å²) in [6.45, 7) is 3.37. The highest BCUT2D eigenvalue weighted by atomic mass is 32.2. The molecule has 4 rings (SSSR count). The van der Waals surface area contributed by atoms with E-state index in [0.717, 1.165) is 34.7 Å². The van der Waals surface area contributed by atoms with Gasteiger partial charge in [0.25, 0.3) is 0 Å². The van der Waals surface area contributed by atoms with Gasteiger partial charge in [-0.3, -0.25) is 0 Å². The topological polar surface area (TPSA) is 45.8 Å². The second kappa shape index (κ2) is 11.8. The number of alkyl halides is 3. The van der Waals surface area contributed by atoms with Crippen molar-refractivity contribution in [3.63, 3.8) is 0 Å². The number of nitrogens with one attached hydrogen (secondary N) is 2. The molecule has 1 saturated heterocycles. The summed E-state index contributed by atoms with van der Waals surface area (Å²) >= 11 is 1.62. The second-order valence-corrected chi connectivity index (χ2v) is 10.5. The summed E-state index contributed by atoms with van der Waals surface area (Å²) in [5.74, 6) is 6.85. The van der Waals surface area contributed by atoms with Crippen molar-refractivity contribution in [1.29, 1.82) is 0 Å². The minimum absolute atomic E-state index is 0.140. The molecule has 200 valence electrons. The summed E-state index contributed by atoms with van der Waals surface area (Å²) in [4.78, 5) is 2.46. The number of ether oxygens (including phenoxy) is 2. The van der Waals surface area contributed by atoms with Crippen LogP contribution in [0.5, 0.6) is 5.75 Å². The Morgan fingerprint density at radius 3 is 2.57 bits per heavy atom. The molecule has 0 bridgehead atoms. The first-order valence-electron chi connectivity index (χ1n) is 12.5. The van der Waals surface area contributed by atoms with Crippen LogP contribution in [0.1, 0.15) is 32.3 Å². The average Bonchev–Trinajstić information content (AvgIpc) is 3.18. The maximum absolute atomic E-state index is 13.5. The van der Waals surface area contributed by atoms with Gasteiger partial charge < -0.3 is 25.0 Å². The first-order valence-corrected chi connectivity index (χ1v) is 13.7. The summed E-state index contributed by atoms with van der Waals surface area (Å²) in [5.41, 5.74) is 3.16. The fraction of sp³-hybridized carbons (Fsp3) is 0.500. The molecular formula is C28H34F3N3O2S. The largest absolute Gasteiger partial charge is 0.495 e. The Bertz CT molecular complexity index is 1140. The van der Waals surface area contributed by atoms with Crippen LogP contribution >= 0.6 is 11.8 Å². The number of anilines is 3. The van der Waals surface area contributed by atoms with E-state index in [9.17, 15) is 13.2 Å². The van der Waals surface area contributed by atoms with Crippen molar-refractivity contribution in [2.45, 2.75) is 68.5 Å². The molecule has 37 heavy (non-hydrogen) atoms. The Morgan fingerprint density at radius 1 is 1.14 bits per heavy atom. The minimum atomic E-state index is -4.33. The fourth-order valence-electron chi connectivity index (χ4n) is 5.18. The molecule has 0 aromatic heterocycles. The number of methoxy groups -OCH3 is 1. The zero-order valence-electron chi connectivity index (χ0n) is 21.6. The molecule has 3 atom stereocenters. The van der Waals surface area contributed by atoms with Gasteiger partial charge in [0.2, 0.25) is 0 Å². The Morgan fingerprint density at radius 2 is 1.89 bits per heavy atom. The predicted octanol–water partition coefficient (Wildman–Crippen LogP) is 6.19. The molecule has 3 unspecified atom stereocenters. The van der Waals surface area contributed by atoms with E-state index in [1.165, 1.54) is 4.90 Å². The van der Waals surface area contributed by atoms with Gasteiger partial charge in [-0.05, 0) is 63.3 Å². The van der Waals surface area contributed by atoms with Crippen LogP contribution in [0.2, 0.25) is 0 Å². The lowest BCUT2D eigenvalue weighted by Crippen LogP contribution is -2.39. The van der Waals surface area contributed by atoms with Crippen LogP contribution in [0.25, 0.3) is 0 Å². The SMILES string of the molecule is COc1cc(SC)ccc1NCC#CC1Cc2c(NC3CC(C)OC(C)C3)cccc2N1CC(F)(F)F. The third-order valence-electron chi connectivity index (χ3n) is 6.69. The molecule has 5 nitrogen and oxygen atoms in total. The zero-order valence-corrected chi connectivity index (χ0v) is 22.4. The Kier molecular flexibility index (Phi) is 8.71. The van der Waals surface area contributed by atoms with Gasteiger partial charge >= 0.3 is 6.18 Å². The first kappa shape index (κ1) is 27.3. The van der Waals surface area contributed by atoms with Gasteiger partial charge in [-0.25, -0.2) is 0 Å². The van der Waals surface area contributed by atoms with Crippen LogP contribution in [-0.4, -0.2) is 56.9 Å². The van der Waals surface area contributed by atoms with E-state index >= 15 is 0 Å². The van der Waals surface area contributed by atoms with Gasteiger partial charge in [0.15, 0.2) is 0 Å². The third-order valence-corrected chi connectivity index (χ3v) is 7.41. The normalized spacial score (nSPS) is 23.2. The monoisotopic (exact) mass is 533 g/mol. The second-order valence-electron chi connectivity index (χ2n) is 9.58. The highest BCUT2D eigenvalue weighted by Gasteiger charge is 2.39. The highest BCUT2D eigenvalue weighted by molar-refractivity contribution is 7.98. The van der Waals surface area contributed by atoms with E-state index in [4.69, 9.17) is 9.47 Å². The van der Waals surface area contributed by atoms with Crippen LogP contribution in [0.3, 0.4) is 0 Å². The van der Waals surface area contributed by atoms with Gasteiger partial charge in [-0.2, -0.15) is 13.2 Å². The molecule has 0 saturated carbocycles. The summed E-state index contributed by atoms with van der Waals surface area (Å²) in [7, 11) is 1.61. The van der Waals surface area contributed by atoms with Gasteiger partial charge in [0.05, 0.1) is 37.6 Å². The molecule has 0 aliphatic carbocycles. The van der Waals surface area contributed by atoms with E-state index in [1.54, 1.807) is 24.9 Å². The Hall–Kier alpha value is -2.70. The number of hydrogen-bond donors (Lipinski definition) is 2. The van der Waals surface area contributed by atoms with Crippen molar-refractivity contribution in [3.8, 4) is 17.6 Å². The van der Waals surface area contributed by atoms with Gasteiger partial charge in [0.1, 0.15) is 12.3 Å². The molecule has 1 fully saturated rings. The van der Waals surface area contributed by atoms with Crippen LogP contribution in [0, 0.1) is 11.8 Å². The smallest absolute Gasteiger partial charge is 0.405 e. The standard InChI is InChI=1S/C28H34F3N3O2S/c1-18-13-20(14-19(2)36-18)33-24-8-5-9-26-23(24)15-21(34(26)17-28(29,30)31)7-6-12-32-25-11-10-22(37-4)16-27(25)35-3/h5,8-11,16,18-21,32-33H,12-15,17H2,1-4H3. The van der Waals surface area contributed by atoms with E-state index in [-0.39, 0.29) is 18.2 Å². The molecule has 2 aromatic rings. The van der Waals surface area contributed by atoms with Crippen LogP contribution in [0.15, 0.2) is 41.3 Å². The molecule has 9 heteroatoms. The summed E-state index contributed by atoms with van der Waals surface area (Å²) < 4.78 is 51.9. The summed E-state index contributed by atoms with van der Waals surface area (Å²) in [5, 5.41) is 6.82. The number of halogens is 3. The maximum Gasteiger partial charge on any atom is 0.405 e. The van der Waals surface area contributed by atoms with Crippen LogP contribution in [-0.2, 0) is 11.2 Å². The molecular weight excluding hydrogens is 499 g/mol. The quantitative estimate of drug-likeness (QED) is 0.327. The van der Waals surface area contributed by atoms with E-state index < -0.39 is 18.8 Å². The van der Waals surface area contributed by atoms with E-state index in [2.05, 4.69) is 36.3 Å². The van der Waals surface area contributed by atoms with Crippen LogP contribution in [0.4, 0.5) is 30.2 Å². The van der Waals surface area contributed by atoms with Crippen molar-refractivity contribution >= 4 is 28.8 Å². The van der Waals surface area contributed by atoms with Crippen molar-refractivity contribution < 1.29 is 22.6 Å². The lowest BCUT2D eigenvalue weighted by Gasteiger charge is -2.33. The van der Waals surface area contributed by atoms with Gasteiger partial charge in [0, 0.05) is 34.3 Å². The van der Waals surface area contributed by atoms with E-state index in [0.29, 0.717) is 24.4 Å². The van der Waals surface area contributed by atoms with Gasteiger partial charge in [-0.1, -0.05) is 17.9 Å². The predicted molar refractivity (Wildman–Crippen MR) is 145 cm³/mol. The summed E-state index contributed by atoms with van der Waals surface area (Å²) in [6, 6.07) is 11.0. The third kappa shape index (κ3) is 6.99.